The van der Waals surface area contributed by atoms with Crippen molar-refractivity contribution in [2.24, 2.45) is 0 Å². The maximum atomic E-state index is 5.77. The first kappa shape index (κ1) is 11.7. The molecule has 0 saturated carbocycles. The van der Waals surface area contributed by atoms with E-state index >= 15 is 0 Å². The molecule has 16 heavy (non-hydrogen) atoms. The molecular weight excluding hydrogens is 220 g/mol. The predicted octanol–water partition coefficient (Wildman–Crippen LogP) is 3.59. The molecule has 0 aliphatic carbocycles. The van der Waals surface area contributed by atoms with Crippen LogP contribution in [0.15, 0.2) is 18.3 Å². The monoisotopic (exact) mass is 238 g/mol. The number of halogens is 1. The SMILES string of the molecule is CCC1CCCCN1c1ccc(CCl)cn1. The van der Waals surface area contributed by atoms with Gasteiger partial charge in [-0.1, -0.05) is 13.0 Å². The molecule has 2 heterocycles. The lowest BCUT2D eigenvalue weighted by atomic mass is 10.00. The number of rotatable bonds is 3. The van der Waals surface area contributed by atoms with Gasteiger partial charge in [0.25, 0.3) is 0 Å². The van der Waals surface area contributed by atoms with Gasteiger partial charge in [-0.15, -0.1) is 11.6 Å². The van der Waals surface area contributed by atoms with Crippen molar-refractivity contribution in [2.45, 2.75) is 44.5 Å². The Bertz CT molecular complexity index is 323. The van der Waals surface area contributed by atoms with E-state index in [1.54, 1.807) is 0 Å². The van der Waals surface area contributed by atoms with Crippen molar-refractivity contribution in [2.75, 3.05) is 11.4 Å². The molecule has 1 aliphatic heterocycles. The summed E-state index contributed by atoms with van der Waals surface area (Å²) in [5, 5.41) is 0. The molecule has 1 fully saturated rings. The normalized spacial score (nSPS) is 21.1. The number of nitrogens with zero attached hydrogens (tertiary/aromatic N) is 2. The average Bonchev–Trinajstić information content (AvgIpc) is 2.39. The highest BCUT2D eigenvalue weighted by Crippen LogP contribution is 2.24. The highest BCUT2D eigenvalue weighted by Gasteiger charge is 2.21. The van der Waals surface area contributed by atoms with Crippen LogP contribution in [0.5, 0.6) is 0 Å². The molecule has 0 radical (unpaired) electrons. The van der Waals surface area contributed by atoms with Crippen LogP contribution in [0.1, 0.15) is 38.2 Å². The fraction of sp³-hybridized carbons (Fsp3) is 0.615. The predicted molar refractivity (Wildman–Crippen MR) is 69.1 cm³/mol. The number of hydrogen-bond donors (Lipinski definition) is 0. The van der Waals surface area contributed by atoms with Crippen LogP contribution in [0.4, 0.5) is 5.82 Å². The first-order valence-corrected chi connectivity index (χ1v) is 6.66. The highest BCUT2D eigenvalue weighted by atomic mass is 35.5. The molecule has 0 aromatic carbocycles. The van der Waals surface area contributed by atoms with Crippen LogP contribution < -0.4 is 4.90 Å². The summed E-state index contributed by atoms with van der Waals surface area (Å²) < 4.78 is 0. The minimum absolute atomic E-state index is 0.546. The van der Waals surface area contributed by atoms with E-state index in [0.717, 1.165) is 17.9 Å². The Balaban J connectivity index is 2.14. The molecule has 1 atom stereocenters. The van der Waals surface area contributed by atoms with E-state index in [1.165, 1.54) is 25.7 Å². The van der Waals surface area contributed by atoms with E-state index in [0.29, 0.717) is 11.9 Å². The smallest absolute Gasteiger partial charge is 0.128 e. The summed E-state index contributed by atoms with van der Waals surface area (Å²) >= 11 is 5.77. The van der Waals surface area contributed by atoms with Crippen LogP contribution in [-0.2, 0) is 5.88 Å². The van der Waals surface area contributed by atoms with Gasteiger partial charge in [-0.05, 0) is 37.3 Å². The number of hydrogen-bond acceptors (Lipinski definition) is 2. The Labute approximate surface area is 103 Å². The molecule has 1 unspecified atom stereocenters. The van der Waals surface area contributed by atoms with Crippen molar-refractivity contribution < 1.29 is 0 Å². The second-order valence-electron chi connectivity index (χ2n) is 4.41. The maximum absolute atomic E-state index is 5.77. The van der Waals surface area contributed by atoms with Gasteiger partial charge >= 0.3 is 0 Å². The van der Waals surface area contributed by atoms with Crippen molar-refractivity contribution in [3.8, 4) is 0 Å². The van der Waals surface area contributed by atoms with Crippen molar-refractivity contribution in [1.29, 1.82) is 0 Å². The number of aromatic nitrogens is 1. The number of piperidine rings is 1. The quantitative estimate of drug-likeness (QED) is 0.749. The Morgan fingerprint density at radius 2 is 2.31 bits per heavy atom. The minimum atomic E-state index is 0.546. The maximum Gasteiger partial charge on any atom is 0.128 e. The van der Waals surface area contributed by atoms with Crippen molar-refractivity contribution in [1.82, 2.24) is 4.98 Å². The Kier molecular flexibility index (Phi) is 4.05. The molecule has 1 aliphatic rings. The van der Waals surface area contributed by atoms with Crippen LogP contribution in [0, 0.1) is 0 Å². The summed E-state index contributed by atoms with van der Waals surface area (Å²) in [5.41, 5.74) is 1.09. The molecule has 0 amide bonds. The molecule has 1 aromatic rings. The van der Waals surface area contributed by atoms with Crippen LogP contribution in [0.25, 0.3) is 0 Å². The molecule has 0 spiro atoms. The first-order chi connectivity index (χ1) is 7.85. The fourth-order valence-electron chi connectivity index (χ4n) is 2.39. The number of anilines is 1. The summed E-state index contributed by atoms with van der Waals surface area (Å²) in [5.74, 6) is 1.66. The molecule has 88 valence electrons. The van der Waals surface area contributed by atoms with Crippen LogP contribution >= 0.6 is 11.6 Å². The van der Waals surface area contributed by atoms with E-state index in [4.69, 9.17) is 11.6 Å². The lowest BCUT2D eigenvalue weighted by molar-refractivity contribution is 0.447. The third kappa shape index (κ3) is 2.49. The summed E-state index contributed by atoms with van der Waals surface area (Å²) in [4.78, 5) is 6.96. The van der Waals surface area contributed by atoms with Crippen LogP contribution in [0.3, 0.4) is 0 Å². The number of alkyl halides is 1. The molecule has 2 rings (SSSR count). The molecular formula is C13H19ClN2. The molecule has 2 nitrogen and oxygen atoms in total. The molecule has 3 heteroatoms. The van der Waals surface area contributed by atoms with Gasteiger partial charge in [-0.3, -0.25) is 0 Å². The minimum Gasteiger partial charge on any atom is -0.354 e. The fourth-order valence-corrected chi connectivity index (χ4v) is 2.55. The number of pyridine rings is 1. The van der Waals surface area contributed by atoms with E-state index in [2.05, 4.69) is 28.9 Å². The Morgan fingerprint density at radius 3 is 2.94 bits per heavy atom. The second kappa shape index (κ2) is 5.53. The Morgan fingerprint density at radius 1 is 1.44 bits per heavy atom. The van der Waals surface area contributed by atoms with E-state index in [-0.39, 0.29) is 0 Å². The second-order valence-corrected chi connectivity index (χ2v) is 4.68. The van der Waals surface area contributed by atoms with Gasteiger partial charge in [-0.25, -0.2) is 4.98 Å². The zero-order valence-corrected chi connectivity index (χ0v) is 10.6. The summed E-state index contributed by atoms with van der Waals surface area (Å²) in [6.45, 7) is 3.40. The molecule has 1 aromatic heterocycles. The highest BCUT2D eigenvalue weighted by molar-refractivity contribution is 6.17. The van der Waals surface area contributed by atoms with Gasteiger partial charge in [-0.2, -0.15) is 0 Å². The average molecular weight is 239 g/mol. The van der Waals surface area contributed by atoms with Crippen LogP contribution in [0.2, 0.25) is 0 Å². The molecule has 1 saturated heterocycles. The lowest BCUT2D eigenvalue weighted by Crippen LogP contribution is -2.39. The van der Waals surface area contributed by atoms with E-state index < -0.39 is 0 Å². The largest absolute Gasteiger partial charge is 0.354 e. The summed E-state index contributed by atoms with van der Waals surface area (Å²) in [6, 6.07) is 4.85. The van der Waals surface area contributed by atoms with Crippen LogP contribution in [-0.4, -0.2) is 17.6 Å². The van der Waals surface area contributed by atoms with Crippen molar-refractivity contribution in [3.63, 3.8) is 0 Å². The van der Waals surface area contributed by atoms with Gasteiger partial charge < -0.3 is 4.90 Å². The zero-order chi connectivity index (χ0) is 11.4. The molecule has 0 N–H and O–H groups in total. The van der Waals surface area contributed by atoms with Gasteiger partial charge in [0.05, 0.1) is 0 Å². The van der Waals surface area contributed by atoms with Gasteiger partial charge in [0, 0.05) is 24.7 Å². The summed E-state index contributed by atoms with van der Waals surface area (Å²) in [6.07, 6.45) is 7.04. The van der Waals surface area contributed by atoms with Gasteiger partial charge in [0.1, 0.15) is 5.82 Å². The topological polar surface area (TPSA) is 16.1 Å². The lowest BCUT2D eigenvalue weighted by Gasteiger charge is -2.36. The first-order valence-electron chi connectivity index (χ1n) is 6.12. The van der Waals surface area contributed by atoms with Crippen molar-refractivity contribution in [3.05, 3.63) is 23.9 Å². The van der Waals surface area contributed by atoms with Gasteiger partial charge in [0.15, 0.2) is 0 Å². The van der Waals surface area contributed by atoms with E-state index in [9.17, 15) is 0 Å². The standard InChI is InChI=1S/C13H19ClN2/c1-2-12-5-3-4-8-16(12)13-7-6-11(9-14)10-15-13/h6-7,10,12H,2-5,8-9H2,1H3. The third-order valence-electron chi connectivity index (χ3n) is 3.36. The Hall–Kier alpha value is -0.760. The third-order valence-corrected chi connectivity index (χ3v) is 3.66. The van der Waals surface area contributed by atoms with Gasteiger partial charge in [0.2, 0.25) is 0 Å². The van der Waals surface area contributed by atoms with E-state index in [1.807, 2.05) is 6.20 Å². The molecule has 0 bridgehead atoms. The summed E-state index contributed by atoms with van der Waals surface area (Å²) in [7, 11) is 0. The zero-order valence-electron chi connectivity index (χ0n) is 9.82. The van der Waals surface area contributed by atoms with Crippen molar-refractivity contribution >= 4 is 17.4 Å².